The lowest BCUT2D eigenvalue weighted by molar-refractivity contribution is 0.0994. The van der Waals surface area contributed by atoms with Gasteiger partial charge in [0.25, 0.3) is 5.91 Å². The molecule has 8 nitrogen and oxygen atoms in total. The predicted octanol–water partition coefficient (Wildman–Crippen LogP) is -1.08. The number of hydrogen-bond acceptors (Lipinski definition) is 5. The molecule has 0 radical (unpaired) electrons. The molecule has 4 N–H and O–H groups in total. The second kappa shape index (κ2) is 5.21. The lowest BCUT2D eigenvalue weighted by Gasteiger charge is -1.87. The fourth-order valence-electron chi connectivity index (χ4n) is 0.433. The highest BCUT2D eigenvalue weighted by atomic mass is 32.3. The van der Waals surface area contributed by atoms with Crippen molar-refractivity contribution in [3.8, 4) is 0 Å². The molecular weight excluding hydrogens is 214 g/mol. The van der Waals surface area contributed by atoms with E-state index < -0.39 is 16.3 Å². The van der Waals surface area contributed by atoms with Crippen molar-refractivity contribution >= 4 is 16.3 Å². The normalized spacial score (nSPS) is 9.86. The van der Waals surface area contributed by atoms with Gasteiger partial charge in [-0.15, -0.1) is 5.10 Å². The summed E-state index contributed by atoms with van der Waals surface area (Å²) >= 11 is 0. The molecule has 0 fully saturated rings. The van der Waals surface area contributed by atoms with Gasteiger partial charge in [-0.2, -0.15) is 13.5 Å². The Labute approximate surface area is 79.3 Å². The van der Waals surface area contributed by atoms with E-state index in [0.717, 1.165) is 0 Å². The lowest BCUT2D eigenvalue weighted by Crippen LogP contribution is -2.12. The van der Waals surface area contributed by atoms with Crippen molar-refractivity contribution in [3.63, 3.8) is 0 Å². The van der Waals surface area contributed by atoms with Gasteiger partial charge in [-0.3, -0.25) is 13.9 Å². The van der Waals surface area contributed by atoms with Crippen LogP contribution in [0, 0.1) is 0 Å². The van der Waals surface area contributed by atoms with Crippen LogP contribution in [0.5, 0.6) is 0 Å². The Bertz CT molecular complexity index is 381. The number of amides is 1. The first-order chi connectivity index (χ1) is 6.30. The summed E-state index contributed by atoms with van der Waals surface area (Å²) in [6, 6.07) is 3.11. The summed E-state index contributed by atoms with van der Waals surface area (Å²) in [4.78, 5) is 10.3. The van der Waals surface area contributed by atoms with Crippen molar-refractivity contribution in [2.75, 3.05) is 0 Å². The third-order valence-corrected chi connectivity index (χ3v) is 0.825. The second-order valence-electron chi connectivity index (χ2n) is 1.92. The van der Waals surface area contributed by atoms with Crippen molar-refractivity contribution < 1.29 is 22.3 Å². The number of primary amides is 1. The Hall–Kier alpha value is -1.58. The van der Waals surface area contributed by atoms with Crippen molar-refractivity contribution in [2.24, 2.45) is 5.73 Å². The quantitative estimate of drug-likeness (QED) is 0.511. The number of carbonyl (C=O) groups excluding carboxylic acids is 1. The molecule has 1 aromatic rings. The second-order valence-corrected chi connectivity index (χ2v) is 2.82. The van der Waals surface area contributed by atoms with E-state index >= 15 is 0 Å². The molecule has 1 rings (SSSR count). The molecule has 0 atom stereocenters. The largest absolute Gasteiger partial charge is 0.394 e. The summed E-state index contributed by atoms with van der Waals surface area (Å²) in [7, 11) is -4.67. The van der Waals surface area contributed by atoms with Crippen LogP contribution in [-0.2, 0) is 10.4 Å². The average Bonchev–Trinajstić information content (AvgIpc) is 2.03. The van der Waals surface area contributed by atoms with E-state index in [1.165, 1.54) is 12.3 Å². The SMILES string of the molecule is NC(=O)c1cccnn1.O=S(=O)(O)O. The van der Waals surface area contributed by atoms with Crippen molar-refractivity contribution in [1.82, 2.24) is 10.2 Å². The minimum atomic E-state index is -4.67. The Kier molecular flexibility index (Phi) is 4.63. The number of carbonyl (C=O) groups is 1. The molecule has 78 valence electrons. The van der Waals surface area contributed by atoms with Gasteiger partial charge in [0, 0.05) is 6.20 Å². The summed E-state index contributed by atoms with van der Waals surface area (Å²) in [5, 5.41) is 6.91. The highest BCUT2D eigenvalue weighted by Crippen LogP contribution is 1.86. The number of nitrogens with zero attached hydrogens (tertiary/aromatic N) is 2. The topological polar surface area (TPSA) is 143 Å². The minimum Gasteiger partial charge on any atom is -0.364 e. The molecule has 14 heavy (non-hydrogen) atoms. The van der Waals surface area contributed by atoms with Gasteiger partial charge in [-0.05, 0) is 12.1 Å². The molecule has 0 aliphatic rings. The smallest absolute Gasteiger partial charge is 0.364 e. The van der Waals surface area contributed by atoms with Crippen LogP contribution in [0.25, 0.3) is 0 Å². The maximum absolute atomic E-state index is 10.3. The molecule has 0 aliphatic heterocycles. The molecule has 1 heterocycles. The number of nitrogens with two attached hydrogens (primary N) is 1. The fourth-order valence-corrected chi connectivity index (χ4v) is 0.433. The first kappa shape index (κ1) is 12.4. The highest BCUT2D eigenvalue weighted by molar-refractivity contribution is 7.79. The van der Waals surface area contributed by atoms with Crippen molar-refractivity contribution in [1.29, 1.82) is 0 Å². The fraction of sp³-hybridized carbons (Fsp3) is 0. The van der Waals surface area contributed by atoms with Gasteiger partial charge in [0.15, 0.2) is 5.69 Å². The van der Waals surface area contributed by atoms with E-state index in [0.29, 0.717) is 0 Å². The number of hydrogen-bond donors (Lipinski definition) is 3. The van der Waals surface area contributed by atoms with Crippen LogP contribution in [0.15, 0.2) is 18.3 Å². The lowest BCUT2D eigenvalue weighted by atomic mass is 10.4. The third-order valence-electron chi connectivity index (χ3n) is 0.825. The predicted molar refractivity (Wildman–Crippen MR) is 44.7 cm³/mol. The molecule has 0 aliphatic carbocycles. The van der Waals surface area contributed by atoms with E-state index in [-0.39, 0.29) is 5.69 Å². The molecule has 9 heteroatoms. The van der Waals surface area contributed by atoms with Gasteiger partial charge in [-0.1, -0.05) is 0 Å². The zero-order valence-corrected chi connectivity index (χ0v) is 7.55. The van der Waals surface area contributed by atoms with Gasteiger partial charge >= 0.3 is 10.4 Å². The van der Waals surface area contributed by atoms with E-state index in [1.807, 2.05) is 0 Å². The van der Waals surface area contributed by atoms with Crippen molar-refractivity contribution in [3.05, 3.63) is 24.0 Å². The molecule has 0 saturated carbocycles. The van der Waals surface area contributed by atoms with E-state index in [2.05, 4.69) is 10.2 Å². The van der Waals surface area contributed by atoms with Crippen LogP contribution in [0.2, 0.25) is 0 Å². The van der Waals surface area contributed by atoms with E-state index in [9.17, 15) is 4.79 Å². The first-order valence-corrected chi connectivity index (χ1v) is 4.48. The van der Waals surface area contributed by atoms with Crippen LogP contribution in [0.1, 0.15) is 10.5 Å². The van der Waals surface area contributed by atoms with Gasteiger partial charge in [0.1, 0.15) is 0 Å². The number of rotatable bonds is 1. The summed E-state index contributed by atoms with van der Waals surface area (Å²) in [6.07, 6.45) is 1.48. The summed E-state index contributed by atoms with van der Waals surface area (Å²) in [6.45, 7) is 0. The molecule has 1 aromatic heterocycles. The summed E-state index contributed by atoms with van der Waals surface area (Å²) in [5.74, 6) is -0.553. The number of aromatic nitrogens is 2. The summed E-state index contributed by atoms with van der Waals surface area (Å²) in [5.41, 5.74) is 5.06. The molecule has 0 spiro atoms. The van der Waals surface area contributed by atoms with Gasteiger partial charge in [0.05, 0.1) is 0 Å². The average molecular weight is 221 g/mol. The molecule has 1 amide bonds. The van der Waals surface area contributed by atoms with Crippen LogP contribution >= 0.6 is 0 Å². The minimum absolute atomic E-state index is 0.192. The van der Waals surface area contributed by atoms with Gasteiger partial charge in [-0.25, -0.2) is 0 Å². The maximum atomic E-state index is 10.3. The van der Waals surface area contributed by atoms with Crippen LogP contribution in [0.3, 0.4) is 0 Å². The zero-order valence-electron chi connectivity index (χ0n) is 6.73. The maximum Gasteiger partial charge on any atom is 0.394 e. The Balaban J connectivity index is 0.000000292. The van der Waals surface area contributed by atoms with Crippen LogP contribution in [0.4, 0.5) is 0 Å². The monoisotopic (exact) mass is 221 g/mol. The highest BCUT2D eigenvalue weighted by Gasteiger charge is 1.97. The standard InChI is InChI=1S/C5H5N3O.H2O4S/c6-5(9)4-2-1-3-7-8-4;1-5(2,3)4/h1-3H,(H2,6,9);(H2,1,2,3,4). The molecular formula is C5H7N3O5S. The van der Waals surface area contributed by atoms with E-state index in [4.69, 9.17) is 23.3 Å². The zero-order chi connectivity index (χ0) is 11.2. The Morgan fingerprint density at radius 2 is 1.93 bits per heavy atom. The van der Waals surface area contributed by atoms with Crippen molar-refractivity contribution in [2.45, 2.75) is 0 Å². The van der Waals surface area contributed by atoms with E-state index in [1.54, 1.807) is 6.07 Å². The third kappa shape index (κ3) is 8.52. The summed E-state index contributed by atoms with van der Waals surface area (Å²) < 4.78 is 31.6. The van der Waals surface area contributed by atoms with Crippen LogP contribution in [-0.4, -0.2) is 33.6 Å². The van der Waals surface area contributed by atoms with Gasteiger partial charge in [0.2, 0.25) is 0 Å². The Morgan fingerprint density at radius 1 is 1.43 bits per heavy atom. The van der Waals surface area contributed by atoms with Gasteiger partial charge < -0.3 is 5.73 Å². The molecule has 0 saturated heterocycles. The first-order valence-electron chi connectivity index (χ1n) is 3.08. The molecule has 0 bridgehead atoms. The molecule has 0 unspecified atom stereocenters. The Morgan fingerprint density at radius 3 is 2.14 bits per heavy atom. The molecule has 0 aromatic carbocycles. The van der Waals surface area contributed by atoms with Crippen LogP contribution < -0.4 is 5.73 Å².